The fourth-order valence-electron chi connectivity index (χ4n) is 2.50. The molecule has 0 spiro atoms. The summed E-state index contributed by atoms with van der Waals surface area (Å²) in [5.74, 6) is -1.26. The van der Waals surface area contributed by atoms with Gasteiger partial charge in [0.15, 0.2) is 0 Å². The first-order chi connectivity index (χ1) is 11.0. The highest BCUT2D eigenvalue weighted by Crippen LogP contribution is 2.20. The molecule has 0 aliphatic carbocycles. The molecule has 6 heteroatoms. The third kappa shape index (κ3) is 2.73. The monoisotopic (exact) mass is 315 g/mol. The third-order valence-electron chi connectivity index (χ3n) is 3.68. The van der Waals surface area contributed by atoms with Gasteiger partial charge >= 0.3 is 0 Å². The summed E-state index contributed by atoms with van der Waals surface area (Å²) in [7, 11) is 0. The molecule has 0 saturated heterocycles. The van der Waals surface area contributed by atoms with Crippen LogP contribution in [-0.4, -0.2) is 9.55 Å². The summed E-state index contributed by atoms with van der Waals surface area (Å²) >= 11 is 0. The van der Waals surface area contributed by atoms with Crippen LogP contribution in [-0.2, 0) is 0 Å². The Morgan fingerprint density at radius 1 is 1.17 bits per heavy atom. The highest BCUT2D eigenvalue weighted by Gasteiger charge is 2.18. The Balaban J connectivity index is 2.41. The molecule has 0 unspecified atom stereocenters. The fraction of sp³-hybridized carbons (Fsp3) is 0.176. The topological polar surface area (TPSA) is 60.9 Å². The maximum Gasteiger partial charge on any atom is 0.266 e. The van der Waals surface area contributed by atoms with Crippen LogP contribution in [0.5, 0.6) is 0 Å². The minimum absolute atomic E-state index is 0.0738. The molecule has 4 nitrogen and oxygen atoms in total. The third-order valence-corrected chi connectivity index (χ3v) is 3.68. The standard InChI is InChI=1S/C17H15F2N3O/c1-2-14(20)16-21-15-6-4-3-5-13(15)17(23)22(16)12-8-10(18)7-11(19)9-12/h3-9,14H,2,20H2,1H3/t14-/m0/s1. The van der Waals surface area contributed by atoms with E-state index in [1.165, 1.54) is 4.57 Å². The van der Waals surface area contributed by atoms with E-state index in [0.29, 0.717) is 17.3 Å². The summed E-state index contributed by atoms with van der Waals surface area (Å²) < 4.78 is 28.3. The van der Waals surface area contributed by atoms with Gasteiger partial charge in [-0.3, -0.25) is 9.36 Å². The Morgan fingerprint density at radius 2 is 1.83 bits per heavy atom. The number of benzene rings is 2. The van der Waals surface area contributed by atoms with Crippen LogP contribution in [0.1, 0.15) is 25.2 Å². The van der Waals surface area contributed by atoms with Gasteiger partial charge in [0.25, 0.3) is 5.56 Å². The van der Waals surface area contributed by atoms with Crippen LogP contribution < -0.4 is 11.3 Å². The van der Waals surface area contributed by atoms with Gasteiger partial charge in [0.05, 0.1) is 22.6 Å². The Kier molecular flexibility index (Phi) is 3.92. The van der Waals surface area contributed by atoms with Gasteiger partial charge < -0.3 is 5.73 Å². The van der Waals surface area contributed by atoms with Gasteiger partial charge in [0.2, 0.25) is 0 Å². The average Bonchev–Trinajstić information content (AvgIpc) is 2.53. The molecule has 1 aromatic heterocycles. The van der Waals surface area contributed by atoms with Crippen LogP contribution >= 0.6 is 0 Å². The molecule has 118 valence electrons. The molecule has 2 aromatic carbocycles. The number of nitrogens with zero attached hydrogens (tertiary/aromatic N) is 2. The van der Waals surface area contributed by atoms with Gasteiger partial charge in [-0.15, -0.1) is 0 Å². The van der Waals surface area contributed by atoms with Crippen molar-refractivity contribution in [3.63, 3.8) is 0 Å². The van der Waals surface area contributed by atoms with E-state index in [2.05, 4.69) is 4.98 Å². The molecule has 0 aliphatic heterocycles. The van der Waals surface area contributed by atoms with Crippen LogP contribution in [0.2, 0.25) is 0 Å². The first-order valence-corrected chi connectivity index (χ1v) is 7.25. The SMILES string of the molecule is CC[C@H](N)c1nc2ccccc2c(=O)n1-c1cc(F)cc(F)c1. The molecule has 3 aromatic rings. The predicted molar refractivity (Wildman–Crippen MR) is 84.5 cm³/mol. The second-order valence-electron chi connectivity index (χ2n) is 5.27. The molecule has 1 heterocycles. The first kappa shape index (κ1) is 15.3. The van der Waals surface area contributed by atoms with Crippen molar-refractivity contribution in [3.05, 3.63) is 70.3 Å². The molecule has 0 fully saturated rings. The summed E-state index contributed by atoms with van der Waals surface area (Å²) in [6.07, 6.45) is 0.530. The highest BCUT2D eigenvalue weighted by atomic mass is 19.1. The van der Waals surface area contributed by atoms with Crippen molar-refractivity contribution >= 4 is 10.9 Å². The molecule has 0 amide bonds. The van der Waals surface area contributed by atoms with E-state index >= 15 is 0 Å². The number of aromatic nitrogens is 2. The lowest BCUT2D eigenvalue weighted by atomic mass is 10.1. The van der Waals surface area contributed by atoms with E-state index < -0.39 is 23.2 Å². The zero-order chi connectivity index (χ0) is 16.6. The number of hydrogen-bond donors (Lipinski definition) is 1. The van der Waals surface area contributed by atoms with Crippen molar-refractivity contribution in [1.82, 2.24) is 9.55 Å². The molecule has 1 atom stereocenters. The second kappa shape index (κ2) is 5.89. The van der Waals surface area contributed by atoms with E-state index in [9.17, 15) is 13.6 Å². The summed E-state index contributed by atoms with van der Waals surface area (Å²) in [5, 5.41) is 0.365. The smallest absolute Gasteiger partial charge is 0.266 e. The van der Waals surface area contributed by atoms with E-state index in [4.69, 9.17) is 5.73 Å². The number of halogens is 2. The van der Waals surface area contributed by atoms with Gasteiger partial charge in [-0.05, 0) is 30.7 Å². The molecule has 0 aliphatic rings. The predicted octanol–water partition coefficient (Wildman–Crippen LogP) is 3.07. The van der Waals surface area contributed by atoms with E-state index in [1.807, 2.05) is 6.92 Å². The normalized spacial score (nSPS) is 12.5. The lowest BCUT2D eigenvalue weighted by Crippen LogP contribution is -2.28. The number of para-hydroxylation sites is 1. The Morgan fingerprint density at radius 3 is 2.48 bits per heavy atom. The molecule has 23 heavy (non-hydrogen) atoms. The Labute approximate surface area is 131 Å². The fourth-order valence-corrected chi connectivity index (χ4v) is 2.50. The lowest BCUT2D eigenvalue weighted by Gasteiger charge is -2.17. The number of nitrogens with two attached hydrogens (primary N) is 1. The van der Waals surface area contributed by atoms with Gasteiger partial charge in [0, 0.05) is 6.07 Å². The zero-order valence-electron chi connectivity index (χ0n) is 12.5. The maximum absolute atomic E-state index is 13.6. The number of fused-ring (bicyclic) bond motifs is 1. The largest absolute Gasteiger partial charge is 0.321 e. The quantitative estimate of drug-likeness (QED) is 0.808. The van der Waals surface area contributed by atoms with E-state index in [-0.39, 0.29) is 11.5 Å². The van der Waals surface area contributed by atoms with E-state index in [1.54, 1.807) is 24.3 Å². The molecule has 3 rings (SSSR count). The van der Waals surface area contributed by atoms with Gasteiger partial charge in [-0.2, -0.15) is 0 Å². The average molecular weight is 315 g/mol. The molecule has 0 radical (unpaired) electrons. The summed E-state index contributed by atoms with van der Waals surface area (Å²) in [5.41, 5.74) is 6.23. The van der Waals surface area contributed by atoms with Crippen molar-refractivity contribution in [2.24, 2.45) is 5.73 Å². The lowest BCUT2D eigenvalue weighted by molar-refractivity contribution is 0.576. The Hall–Kier alpha value is -2.60. The van der Waals surface area contributed by atoms with Gasteiger partial charge in [-0.25, -0.2) is 13.8 Å². The van der Waals surface area contributed by atoms with Crippen molar-refractivity contribution in [2.75, 3.05) is 0 Å². The van der Waals surface area contributed by atoms with Crippen LogP contribution in [0.3, 0.4) is 0 Å². The molecule has 2 N–H and O–H groups in total. The second-order valence-corrected chi connectivity index (χ2v) is 5.27. The number of hydrogen-bond acceptors (Lipinski definition) is 3. The minimum atomic E-state index is -0.768. The van der Waals surface area contributed by atoms with Crippen molar-refractivity contribution in [2.45, 2.75) is 19.4 Å². The maximum atomic E-state index is 13.6. The van der Waals surface area contributed by atoms with Crippen LogP contribution in [0, 0.1) is 11.6 Å². The van der Waals surface area contributed by atoms with Crippen molar-refractivity contribution in [1.29, 1.82) is 0 Å². The minimum Gasteiger partial charge on any atom is -0.321 e. The summed E-state index contributed by atoms with van der Waals surface area (Å²) in [6, 6.07) is 9.21. The molecule has 0 saturated carbocycles. The van der Waals surface area contributed by atoms with Crippen molar-refractivity contribution in [3.8, 4) is 5.69 Å². The first-order valence-electron chi connectivity index (χ1n) is 7.25. The molecular formula is C17H15F2N3O. The molecule has 0 bridgehead atoms. The van der Waals surface area contributed by atoms with Crippen LogP contribution in [0.4, 0.5) is 8.78 Å². The molecular weight excluding hydrogens is 300 g/mol. The van der Waals surface area contributed by atoms with Crippen LogP contribution in [0.25, 0.3) is 16.6 Å². The van der Waals surface area contributed by atoms with Gasteiger partial charge in [-0.1, -0.05) is 19.1 Å². The highest BCUT2D eigenvalue weighted by molar-refractivity contribution is 5.77. The summed E-state index contributed by atoms with van der Waals surface area (Å²) in [4.78, 5) is 17.3. The number of rotatable bonds is 3. The van der Waals surface area contributed by atoms with E-state index in [0.717, 1.165) is 18.2 Å². The Bertz CT molecular complexity index is 917. The zero-order valence-corrected chi connectivity index (χ0v) is 12.5. The van der Waals surface area contributed by atoms with Gasteiger partial charge in [0.1, 0.15) is 17.5 Å². The summed E-state index contributed by atoms with van der Waals surface area (Å²) in [6.45, 7) is 1.85. The van der Waals surface area contributed by atoms with Crippen LogP contribution in [0.15, 0.2) is 47.3 Å². The van der Waals surface area contributed by atoms with Crippen molar-refractivity contribution < 1.29 is 8.78 Å².